The van der Waals surface area contributed by atoms with Crippen LogP contribution in [0.1, 0.15) is 33.6 Å². The van der Waals surface area contributed by atoms with Crippen LogP contribution in [-0.2, 0) is 4.79 Å². The van der Waals surface area contributed by atoms with E-state index in [9.17, 15) is 4.79 Å². The number of ether oxygens (including phenoxy) is 2. The third-order valence-corrected chi connectivity index (χ3v) is 3.14. The van der Waals surface area contributed by atoms with E-state index in [0.717, 1.165) is 12.8 Å². The highest BCUT2D eigenvalue weighted by Crippen LogP contribution is 2.25. The van der Waals surface area contributed by atoms with Crippen molar-refractivity contribution in [2.24, 2.45) is 5.10 Å². The van der Waals surface area contributed by atoms with Gasteiger partial charge in [0.2, 0.25) is 0 Å². The Bertz CT molecular complexity index is 615. The number of rotatable bonds is 9. The molecular formula is C19H26N2O3. The first-order valence-corrected chi connectivity index (χ1v) is 7.89. The third-order valence-electron chi connectivity index (χ3n) is 3.14. The highest BCUT2D eigenvalue weighted by atomic mass is 16.5. The average molecular weight is 330 g/mol. The second-order valence-corrected chi connectivity index (χ2v) is 5.59. The van der Waals surface area contributed by atoms with Gasteiger partial charge in [-0.1, -0.05) is 29.4 Å². The summed E-state index contributed by atoms with van der Waals surface area (Å²) in [6.45, 7) is 6.09. The Morgan fingerprint density at radius 2 is 1.92 bits per heavy atom. The van der Waals surface area contributed by atoms with Crippen LogP contribution in [0.15, 0.2) is 52.7 Å². The molecule has 130 valence electrons. The van der Waals surface area contributed by atoms with E-state index in [2.05, 4.69) is 30.5 Å². The van der Waals surface area contributed by atoms with Crippen LogP contribution in [0.3, 0.4) is 0 Å². The van der Waals surface area contributed by atoms with E-state index in [0.29, 0.717) is 11.5 Å². The third kappa shape index (κ3) is 8.17. The molecule has 0 saturated heterocycles. The van der Waals surface area contributed by atoms with Crippen molar-refractivity contribution >= 4 is 12.1 Å². The molecule has 1 N–H and O–H groups in total. The number of amides is 1. The molecule has 0 radical (unpaired) electrons. The number of para-hydroxylation sites is 2. The summed E-state index contributed by atoms with van der Waals surface area (Å²) < 4.78 is 10.6. The molecule has 0 unspecified atom stereocenters. The summed E-state index contributed by atoms with van der Waals surface area (Å²) in [6, 6.07) is 7.17. The lowest BCUT2D eigenvalue weighted by Gasteiger charge is -2.08. The first-order valence-electron chi connectivity index (χ1n) is 7.89. The van der Waals surface area contributed by atoms with Crippen LogP contribution in [0.25, 0.3) is 0 Å². The lowest BCUT2D eigenvalue weighted by atomic mass is 10.1. The minimum atomic E-state index is -0.326. The molecule has 0 spiro atoms. The molecule has 5 heteroatoms. The Morgan fingerprint density at radius 1 is 1.21 bits per heavy atom. The molecule has 0 aliphatic rings. The number of allylic oxidation sites excluding steroid dienone is 4. The van der Waals surface area contributed by atoms with Gasteiger partial charge in [0.1, 0.15) is 0 Å². The van der Waals surface area contributed by atoms with Crippen molar-refractivity contribution in [2.75, 3.05) is 13.7 Å². The van der Waals surface area contributed by atoms with Crippen LogP contribution in [0.5, 0.6) is 11.5 Å². The van der Waals surface area contributed by atoms with Gasteiger partial charge in [-0.3, -0.25) is 4.79 Å². The zero-order valence-electron chi connectivity index (χ0n) is 14.8. The van der Waals surface area contributed by atoms with Gasteiger partial charge in [-0.2, -0.15) is 5.10 Å². The van der Waals surface area contributed by atoms with Crippen LogP contribution in [0.2, 0.25) is 0 Å². The van der Waals surface area contributed by atoms with Gasteiger partial charge in [0.15, 0.2) is 18.1 Å². The maximum atomic E-state index is 11.7. The predicted octanol–water partition coefficient (Wildman–Crippen LogP) is 3.87. The molecule has 5 nitrogen and oxygen atoms in total. The smallest absolute Gasteiger partial charge is 0.277 e. The number of nitrogens with zero attached hydrogens (tertiary/aromatic N) is 1. The van der Waals surface area contributed by atoms with E-state index in [-0.39, 0.29) is 12.5 Å². The molecule has 0 aliphatic carbocycles. The standard InChI is InChI=1S/C19H26N2O3/c1-15(2)8-7-9-16(3)12-13-20-21-19(22)14-24-18-11-6-5-10-17(18)23-4/h5-6,8,10-13H,7,9,14H2,1-4H3,(H,21,22)/b16-12+,20-13+. The van der Waals surface area contributed by atoms with Crippen molar-refractivity contribution in [1.82, 2.24) is 5.43 Å². The zero-order valence-corrected chi connectivity index (χ0v) is 14.8. The topological polar surface area (TPSA) is 59.9 Å². The van der Waals surface area contributed by atoms with E-state index < -0.39 is 0 Å². The average Bonchev–Trinajstić information content (AvgIpc) is 2.56. The molecule has 24 heavy (non-hydrogen) atoms. The van der Waals surface area contributed by atoms with Gasteiger partial charge < -0.3 is 9.47 Å². The molecule has 0 atom stereocenters. The lowest BCUT2D eigenvalue weighted by Crippen LogP contribution is -2.24. The van der Waals surface area contributed by atoms with Crippen molar-refractivity contribution in [1.29, 1.82) is 0 Å². The van der Waals surface area contributed by atoms with Crippen molar-refractivity contribution in [3.63, 3.8) is 0 Å². The molecule has 1 aromatic rings. The second kappa shape index (κ2) is 11.0. The fraction of sp³-hybridized carbons (Fsp3) is 0.368. The van der Waals surface area contributed by atoms with E-state index in [1.165, 1.54) is 11.1 Å². The second-order valence-electron chi connectivity index (χ2n) is 5.59. The summed E-state index contributed by atoms with van der Waals surface area (Å²) in [5, 5.41) is 3.88. The molecule has 1 amide bonds. The van der Waals surface area contributed by atoms with E-state index in [4.69, 9.17) is 9.47 Å². The lowest BCUT2D eigenvalue weighted by molar-refractivity contribution is -0.123. The molecule has 0 heterocycles. The molecule has 1 rings (SSSR count). The van der Waals surface area contributed by atoms with E-state index >= 15 is 0 Å². The Hall–Kier alpha value is -2.56. The maximum Gasteiger partial charge on any atom is 0.277 e. The van der Waals surface area contributed by atoms with Gasteiger partial charge >= 0.3 is 0 Å². The van der Waals surface area contributed by atoms with Gasteiger partial charge in [-0.05, 0) is 51.8 Å². The monoisotopic (exact) mass is 330 g/mol. The number of hydrazone groups is 1. The number of hydrogen-bond donors (Lipinski definition) is 1. The zero-order chi connectivity index (χ0) is 17.8. The molecule has 0 aromatic heterocycles. The number of nitrogens with one attached hydrogen (secondary N) is 1. The van der Waals surface area contributed by atoms with Crippen LogP contribution in [0.4, 0.5) is 0 Å². The Morgan fingerprint density at radius 3 is 2.58 bits per heavy atom. The number of carbonyl (C=O) groups excluding carboxylic acids is 1. The van der Waals surface area contributed by atoms with Crippen LogP contribution in [0, 0.1) is 0 Å². The minimum absolute atomic E-state index is 0.124. The Balaban J connectivity index is 2.34. The van der Waals surface area contributed by atoms with Gasteiger partial charge in [0.25, 0.3) is 5.91 Å². The van der Waals surface area contributed by atoms with Crippen molar-refractivity contribution in [2.45, 2.75) is 33.6 Å². The van der Waals surface area contributed by atoms with Gasteiger partial charge in [0.05, 0.1) is 7.11 Å². The van der Waals surface area contributed by atoms with Gasteiger partial charge in [0, 0.05) is 6.21 Å². The summed E-state index contributed by atoms with van der Waals surface area (Å²) in [5.74, 6) is 0.783. The fourth-order valence-corrected chi connectivity index (χ4v) is 1.86. The number of carbonyl (C=O) groups is 1. The summed E-state index contributed by atoms with van der Waals surface area (Å²) in [4.78, 5) is 11.7. The molecule has 0 bridgehead atoms. The predicted molar refractivity (Wildman–Crippen MR) is 97.5 cm³/mol. The largest absolute Gasteiger partial charge is 0.493 e. The summed E-state index contributed by atoms with van der Waals surface area (Å²) in [5.41, 5.74) is 4.95. The van der Waals surface area contributed by atoms with Crippen LogP contribution >= 0.6 is 0 Å². The van der Waals surface area contributed by atoms with Gasteiger partial charge in [-0.25, -0.2) is 5.43 Å². The molecule has 0 aliphatic heterocycles. The normalized spacial score (nSPS) is 11.2. The van der Waals surface area contributed by atoms with E-state index in [1.54, 1.807) is 25.5 Å². The highest BCUT2D eigenvalue weighted by molar-refractivity contribution is 5.80. The first-order chi connectivity index (χ1) is 11.5. The Kier molecular flexibility index (Phi) is 8.97. The van der Waals surface area contributed by atoms with Crippen molar-refractivity contribution < 1.29 is 14.3 Å². The summed E-state index contributed by atoms with van der Waals surface area (Å²) >= 11 is 0. The van der Waals surface area contributed by atoms with E-state index in [1.807, 2.05) is 25.1 Å². The number of methoxy groups -OCH3 is 1. The molecular weight excluding hydrogens is 304 g/mol. The highest BCUT2D eigenvalue weighted by Gasteiger charge is 2.05. The number of benzene rings is 1. The van der Waals surface area contributed by atoms with Crippen LogP contribution < -0.4 is 14.9 Å². The summed E-state index contributed by atoms with van der Waals surface area (Å²) in [6.07, 6.45) is 7.66. The van der Waals surface area contributed by atoms with Gasteiger partial charge in [-0.15, -0.1) is 0 Å². The molecule has 1 aromatic carbocycles. The minimum Gasteiger partial charge on any atom is -0.493 e. The first kappa shape index (κ1) is 19.5. The van der Waals surface area contributed by atoms with Crippen LogP contribution in [-0.4, -0.2) is 25.8 Å². The number of hydrogen-bond acceptors (Lipinski definition) is 4. The Labute approximate surface area is 144 Å². The fourth-order valence-electron chi connectivity index (χ4n) is 1.86. The van der Waals surface area contributed by atoms with Crippen molar-refractivity contribution in [3.8, 4) is 11.5 Å². The molecule has 0 saturated carbocycles. The quantitative estimate of drug-likeness (QED) is 0.425. The SMILES string of the molecule is COc1ccccc1OCC(=O)N/N=C/C=C(\C)CCC=C(C)C. The van der Waals surface area contributed by atoms with Crippen molar-refractivity contribution in [3.05, 3.63) is 47.6 Å². The maximum absolute atomic E-state index is 11.7. The summed E-state index contributed by atoms with van der Waals surface area (Å²) in [7, 11) is 1.55. The molecule has 0 fully saturated rings.